The summed E-state index contributed by atoms with van der Waals surface area (Å²) in [6.45, 7) is 1.84. The second kappa shape index (κ2) is 5.09. The predicted molar refractivity (Wildman–Crippen MR) is 79.2 cm³/mol. The van der Waals surface area contributed by atoms with Crippen LogP contribution in [-0.2, 0) is 4.79 Å². The van der Waals surface area contributed by atoms with Crippen LogP contribution in [0.25, 0.3) is 0 Å². The molecule has 0 spiro atoms. The highest BCUT2D eigenvalue weighted by atomic mass is 79.9. The number of nitrogens with zero attached hydrogens (tertiary/aromatic N) is 2. The Morgan fingerprint density at radius 1 is 1.35 bits per heavy atom. The van der Waals surface area contributed by atoms with Gasteiger partial charge in [-0.25, -0.2) is 0 Å². The number of hydrogen-bond donors (Lipinski definition) is 1. The molecule has 2 heterocycles. The maximum Gasteiger partial charge on any atom is 0.255 e. The Morgan fingerprint density at radius 3 is 2.95 bits per heavy atom. The zero-order valence-corrected chi connectivity index (χ0v) is 12.6. The lowest BCUT2D eigenvalue weighted by molar-refractivity contribution is -0.130. The Morgan fingerprint density at radius 2 is 2.15 bits per heavy atom. The number of piperazine rings is 1. The molecule has 0 saturated carbocycles. The fourth-order valence-corrected chi connectivity index (χ4v) is 3.37. The Bertz CT molecular complexity index is 576. The normalized spacial score (nSPS) is 22.1. The molecule has 5 nitrogen and oxygen atoms in total. The number of rotatable bonds is 1. The van der Waals surface area contributed by atoms with E-state index in [1.807, 2.05) is 9.80 Å². The van der Waals surface area contributed by atoms with Gasteiger partial charge in [-0.3, -0.25) is 9.59 Å². The van der Waals surface area contributed by atoms with Crippen molar-refractivity contribution in [1.29, 1.82) is 0 Å². The monoisotopic (exact) mass is 337 g/mol. The molecular weight excluding hydrogens is 322 g/mol. The summed E-state index contributed by atoms with van der Waals surface area (Å²) >= 11 is 3.38. The Kier molecular flexibility index (Phi) is 3.41. The molecular formula is C14H16BrN3O2. The minimum absolute atomic E-state index is 0.0248. The maximum atomic E-state index is 12.6. The van der Waals surface area contributed by atoms with Gasteiger partial charge < -0.3 is 15.5 Å². The molecule has 2 saturated heterocycles. The van der Waals surface area contributed by atoms with Crippen molar-refractivity contribution in [1.82, 2.24) is 9.80 Å². The van der Waals surface area contributed by atoms with Crippen molar-refractivity contribution in [2.24, 2.45) is 0 Å². The van der Waals surface area contributed by atoms with Gasteiger partial charge in [0.05, 0.1) is 10.0 Å². The first-order valence-electron chi connectivity index (χ1n) is 6.70. The summed E-state index contributed by atoms with van der Waals surface area (Å²) in [5.74, 6) is 0.190. The van der Waals surface area contributed by atoms with E-state index in [2.05, 4.69) is 15.9 Å². The van der Waals surface area contributed by atoms with Crippen LogP contribution in [0.3, 0.4) is 0 Å². The standard InChI is InChI=1S/C14H16BrN3O2/c15-13-10(2-1-3-11(13)16)14(20)17-6-7-18-9(8-17)4-5-12(18)19/h1-3,9H,4-8,16H2. The third-order valence-corrected chi connectivity index (χ3v) is 4.93. The third kappa shape index (κ3) is 2.18. The Labute approximate surface area is 125 Å². The molecule has 1 atom stereocenters. The number of hydrogen-bond acceptors (Lipinski definition) is 3. The first-order chi connectivity index (χ1) is 9.58. The van der Waals surface area contributed by atoms with Crippen LogP contribution in [0, 0.1) is 0 Å². The number of nitrogen functional groups attached to an aromatic ring is 1. The molecule has 1 unspecified atom stereocenters. The van der Waals surface area contributed by atoms with Crippen molar-refractivity contribution < 1.29 is 9.59 Å². The van der Waals surface area contributed by atoms with Gasteiger partial charge >= 0.3 is 0 Å². The summed E-state index contributed by atoms with van der Waals surface area (Å²) in [4.78, 5) is 28.0. The van der Waals surface area contributed by atoms with Crippen LogP contribution in [0.2, 0.25) is 0 Å². The van der Waals surface area contributed by atoms with Gasteiger partial charge in [-0.05, 0) is 34.5 Å². The van der Waals surface area contributed by atoms with Gasteiger partial charge in [-0.15, -0.1) is 0 Å². The number of fused-ring (bicyclic) bond motifs is 1. The number of nitrogens with two attached hydrogens (primary N) is 1. The molecule has 2 N–H and O–H groups in total. The molecule has 1 aromatic carbocycles. The van der Waals surface area contributed by atoms with Gasteiger partial charge in [-0.1, -0.05) is 6.07 Å². The number of halogens is 1. The maximum absolute atomic E-state index is 12.6. The van der Waals surface area contributed by atoms with Crippen molar-refractivity contribution >= 4 is 33.4 Å². The van der Waals surface area contributed by atoms with Crippen molar-refractivity contribution in [3.8, 4) is 0 Å². The third-order valence-electron chi connectivity index (χ3n) is 4.04. The molecule has 0 bridgehead atoms. The molecule has 3 rings (SSSR count). The highest BCUT2D eigenvalue weighted by Crippen LogP contribution is 2.27. The van der Waals surface area contributed by atoms with Crippen LogP contribution < -0.4 is 5.73 Å². The van der Waals surface area contributed by atoms with E-state index in [9.17, 15) is 9.59 Å². The Balaban J connectivity index is 1.79. The average molecular weight is 338 g/mol. The van der Waals surface area contributed by atoms with Crippen LogP contribution in [0.5, 0.6) is 0 Å². The topological polar surface area (TPSA) is 66.6 Å². The summed E-state index contributed by atoms with van der Waals surface area (Å²) in [6.07, 6.45) is 1.45. The summed E-state index contributed by atoms with van der Waals surface area (Å²) in [6, 6.07) is 5.49. The molecule has 6 heteroatoms. The minimum Gasteiger partial charge on any atom is -0.398 e. The van der Waals surface area contributed by atoms with Gasteiger partial charge in [0.1, 0.15) is 0 Å². The van der Waals surface area contributed by atoms with Gasteiger partial charge in [0, 0.05) is 37.8 Å². The van der Waals surface area contributed by atoms with Crippen molar-refractivity contribution in [3.05, 3.63) is 28.2 Å². The number of benzene rings is 1. The van der Waals surface area contributed by atoms with E-state index in [0.717, 1.165) is 6.42 Å². The molecule has 2 amide bonds. The highest BCUT2D eigenvalue weighted by Gasteiger charge is 2.37. The molecule has 0 aliphatic carbocycles. The van der Waals surface area contributed by atoms with Gasteiger partial charge in [0.2, 0.25) is 5.91 Å². The van der Waals surface area contributed by atoms with E-state index in [-0.39, 0.29) is 17.9 Å². The van der Waals surface area contributed by atoms with Crippen LogP contribution in [0.4, 0.5) is 5.69 Å². The molecule has 2 aliphatic rings. The van der Waals surface area contributed by atoms with Gasteiger partial charge in [0.25, 0.3) is 5.91 Å². The zero-order chi connectivity index (χ0) is 14.3. The van der Waals surface area contributed by atoms with Gasteiger partial charge in [-0.2, -0.15) is 0 Å². The van der Waals surface area contributed by atoms with Crippen molar-refractivity contribution in [3.63, 3.8) is 0 Å². The summed E-state index contributed by atoms with van der Waals surface area (Å²) in [5, 5.41) is 0. The lowest BCUT2D eigenvalue weighted by Gasteiger charge is -2.37. The summed E-state index contributed by atoms with van der Waals surface area (Å²) in [5.41, 5.74) is 6.97. The summed E-state index contributed by atoms with van der Waals surface area (Å²) in [7, 11) is 0. The first-order valence-corrected chi connectivity index (χ1v) is 7.50. The minimum atomic E-state index is -0.0248. The van der Waals surface area contributed by atoms with E-state index in [1.54, 1.807) is 18.2 Å². The number of carbonyl (C=O) groups is 2. The van der Waals surface area contributed by atoms with Crippen molar-refractivity contribution in [2.75, 3.05) is 25.4 Å². The van der Waals surface area contributed by atoms with Gasteiger partial charge in [0.15, 0.2) is 0 Å². The van der Waals surface area contributed by atoms with Crippen LogP contribution in [-0.4, -0.2) is 47.3 Å². The van der Waals surface area contributed by atoms with Crippen LogP contribution >= 0.6 is 15.9 Å². The number of amides is 2. The summed E-state index contributed by atoms with van der Waals surface area (Å²) < 4.78 is 0.648. The van der Waals surface area contributed by atoms with E-state index < -0.39 is 0 Å². The predicted octanol–water partition coefficient (Wildman–Crippen LogP) is 1.48. The zero-order valence-electron chi connectivity index (χ0n) is 11.0. The second-order valence-corrected chi connectivity index (χ2v) is 6.03. The average Bonchev–Trinajstić information content (AvgIpc) is 2.82. The molecule has 2 aliphatic heterocycles. The molecule has 0 aromatic heterocycles. The number of carbonyl (C=O) groups excluding carboxylic acids is 2. The molecule has 20 heavy (non-hydrogen) atoms. The highest BCUT2D eigenvalue weighted by molar-refractivity contribution is 9.10. The lowest BCUT2D eigenvalue weighted by Crippen LogP contribution is -2.53. The molecule has 0 radical (unpaired) electrons. The molecule has 2 fully saturated rings. The molecule has 1 aromatic rings. The van der Waals surface area contributed by atoms with E-state index in [0.29, 0.717) is 41.8 Å². The smallest absolute Gasteiger partial charge is 0.255 e. The SMILES string of the molecule is Nc1cccc(C(=O)N2CCN3C(=O)CCC3C2)c1Br. The lowest BCUT2D eigenvalue weighted by atomic mass is 10.1. The quantitative estimate of drug-likeness (QED) is 0.789. The second-order valence-electron chi connectivity index (χ2n) is 5.24. The number of anilines is 1. The fourth-order valence-electron chi connectivity index (χ4n) is 2.93. The van der Waals surface area contributed by atoms with E-state index in [4.69, 9.17) is 5.73 Å². The largest absolute Gasteiger partial charge is 0.398 e. The Hall–Kier alpha value is -1.56. The first kappa shape index (κ1) is 13.4. The molecule has 106 valence electrons. The van der Waals surface area contributed by atoms with Crippen molar-refractivity contribution in [2.45, 2.75) is 18.9 Å². The van der Waals surface area contributed by atoms with Crippen LogP contribution in [0.15, 0.2) is 22.7 Å². The van der Waals surface area contributed by atoms with Crippen LogP contribution in [0.1, 0.15) is 23.2 Å². The van der Waals surface area contributed by atoms with E-state index in [1.165, 1.54) is 0 Å². The van der Waals surface area contributed by atoms with E-state index >= 15 is 0 Å². The fraction of sp³-hybridized carbons (Fsp3) is 0.429.